The summed E-state index contributed by atoms with van der Waals surface area (Å²) < 4.78 is 0. The Bertz CT molecular complexity index is 545. The number of hydrogen-bond donors (Lipinski definition) is 1. The Balaban J connectivity index is 1.96. The number of nitrogens with zero attached hydrogens (tertiary/aromatic N) is 2. The number of carbonyl (C=O) groups excluding carboxylic acids is 2. The van der Waals surface area contributed by atoms with Gasteiger partial charge in [0.25, 0.3) is 0 Å². The van der Waals surface area contributed by atoms with E-state index in [0.29, 0.717) is 0 Å². The van der Waals surface area contributed by atoms with Gasteiger partial charge in [-0.25, -0.2) is 4.79 Å². The van der Waals surface area contributed by atoms with Gasteiger partial charge in [0, 0.05) is 13.1 Å². The Morgan fingerprint density at radius 3 is 2.35 bits per heavy atom. The van der Waals surface area contributed by atoms with Crippen LogP contribution in [0.1, 0.15) is 25.5 Å². The highest BCUT2D eigenvalue weighted by Gasteiger charge is 2.51. The van der Waals surface area contributed by atoms with Crippen LogP contribution in [0.15, 0.2) is 30.3 Å². The Hall–Kier alpha value is -1.88. The van der Waals surface area contributed by atoms with Crippen LogP contribution in [-0.2, 0) is 4.79 Å². The minimum absolute atomic E-state index is 0.0251. The van der Waals surface area contributed by atoms with Crippen molar-refractivity contribution < 1.29 is 9.59 Å². The molecule has 5 nitrogen and oxygen atoms in total. The highest BCUT2D eigenvalue weighted by molar-refractivity contribution is 6.00. The first kappa shape index (κ1) is 13.1. The van der Waals surface area contributed by atoms with E-state index in [1.54, 1.807) is 11.9 Å². The van der Waals surface area contributed by atoms with Crippen LogP contribution in [-0.4, -0.2) is 46.9 Å². The monoisotopic (exact) mass is 273 g/mol. The summed E-state index contributed by atoms with van der Waals surface area (Å²) in [4.78, 5) is 28.0. The summed E-state index contributed by atoms with van der Waals surface area (Å²) in [5.41, 5.74) is 0.999. The van der Waals surface area contributed by atoms with E-state index in [2.05, 4.69) is 5.32 Å². The molecule has 2 saturated heterocycles. The number of carbonyl (C=O) groups is 2. The zero-order valence-corrected chi connectivity index (χ0v) is 11.9. The molecular formula is C15H19N3O2. The van der Waals surface area contributed by atoms with Crippen LogP contribution >= 0.6 is 0 Å². The summed E-state index contributed by atoms with van der Waals surface area (Å²) in [7, 11) is 1.75. The van der Waals surface area contributed by atoms with Crippen molar-refractivity contribution in [1.82, 2.24) is 15.1 Å². The van der Waals surface area contributed by atoms with Gasteiger partial charge >= 0.3 is 6.03 Å². The van der Waals surface area contributed by atoms with E-state index in [1.807, 2.05) is 44.2 Å². The molecule has 0 saturated carbocycles. The second-order valence-electron chi connectivity index (χ2n) is 5.63. The number of hydrogen-bond acceptors (Lipinski definition) is 3. The molecule has 0 spiro atoms. The molecule has 3 rings (SSSR count). The van der Waals surface area contributed by atoms with Crippen molar-refractivity contribution in [3.63, 3.8) is 0 Å². The predicted octanol–water partition coefficient (Wildman–Crippen LogP) is 1.37. The quantitative estimate of drug-likeness (QED) is 0.828. The molecule has 106 valence electrons. The maximum atomic E-state index is 12.5. The third-order valence-electron chi connectivity index (χ3n) is 4.33. The number of amides is 3. The molecule has 2 aliphatic heterocycles. The Morgan fingerprint density at radius 2 is 1.80 bits per heavy atom. The lowest BCUT2D eigenvalue weighted by molar-refractivity contribution is -0.129. The van der Waals surface area contributed by atoms with Gasteiger partial charge in [-0.15, -0.1) is 0 Å². The molecule has 5 heteroatoms. The van der Waals surface area contributed by atoms with Crippen LogP contribution in [0.5, 0.6) is 0 Å². The van der Waals surface area contributed by atoms with Gasteiger partial charge in [-0.05, 0) is 19.4 Å². The van der Waals surface area contributed by atoms with Crippen LogP contribution < -0.4 is 5.32 Å². The molecule has 1 aromatic carbocycles. The molecule has 20 heavy (non-hydrogen) atoms. The van der Waals surface area contributed by atoms with Gasteiger partial charge in [0.15, 0.2) is 0 Å². The van der Waals surface area contributed by atoms with E-state index in [0.717, 1.165) is 5.56 Å². The molecule has 1 N–H and O–H groups in total. The molecule has 0 bridgehead atoms. The van der Waals surface area contributed by atoms with Gasteiger partial charge < -0.3 is 4.90 Å². The number of nitrogens with one attached hydrogen (secondary N) is 1. The van der Waals surface area contributed by atoms with Crippen molar-refractivity contribution >= 4 is 11.9 Å². The second-order valence-corrected chi connectivity index (χ2v) is 5.63. The molecule has 3 amide bonds. The summed E-state index contributed by atoms with van der Waals surface area (Å²) in [6.07, 6.45) is 0. The molecule has 1 aromatic rings. The van der Waals surface area contributed by atoms with E-state index in [4.69, 9.17) is 0 Å². The minimum Gasteiger partial charge on any atom is -0.322 e. The Morgan fingerprint density at radius 1 is 1.20 bits per heavy atom. The van der Waals surface area contributed by atoms with Crippen molar-refractivity contribution in [3.05, 3.63) is 35.9 Å². The third kappa shape index (κ3) is 1.89. The first-order valence-corrected chi connectivity index (χ1v) is 6.93. The second kappa shape index (κ2) is 4.59. The van der Waals surface area contributed by atoms with Crippen molar-refractivity contribution in [2.24, 2.45) is 0 Å². The third-order valence-corrected chi connectivity index (χ3v) is 4.33. The predicted molar refractivity (Wildman–Crippen MR) is 75.0 cm³/mol. The normalized spacial score (nSPS) is 32.6. The standard InChI is InChI=1S/C15H19N3O2/c1-9-12(16-9)14(19)18-13(10(2)17(3)15(18)20)11-7-5-4-6-8-11/h4-10,12-13,16H,1-3H3/t9-,10+,12+,13+/m1/s1. The van der Waals surface area contributed by atoms with Crippen molar-refractivity contribution in [2.45, 2.75) is 38.0 Å². The number of benzene rings is 1. The van der Waals surface area contributed by atoms with Crippen molar-refractivity contribution in [3.8, 4) is 0 Å². The maximum absolute atomic E-state index is 12.5. The maximum Gasteiger partial charge on any atom is 0.327 e. The van der Waals surface area contributed by atoms with E-state index in [1.165, 1.54) is 4.90 Å². The zero-order chi connectivity index (χ0) is 14.4. The lowest BCUT2D eigenvalue weighted by Gasteiger charge is -2.24. The largest absolute Gasteiger partial charge is 0.327 e. The lowest BCUT2D eigenvalue weighted by atomic mass is 10.00. The zero-order valence-electron chi connectivity index (χ0n) is 11.9. The van der Waals surface area contributed by atoms with Crippen molar-refractivity contribution in [1.29, 1.82) is 0 Å². The van der Waals surface area contributed by atoms with E-state index >= 15 is 0 Å². The van der Waals surface area contributed by atoms with Gasteiger partial charge in [0.05, 0.1) is 12.1 Å². The van der Waals surface area contributed by atoms with Gasteiger partial charge in [0.2, 0.25) is 5.91 Å². The van der Waals surface area contributed by atoms with Gasteiger partial charge in [0.1, 0.15) is 6.04 Å². The van der Waals surface area contributed by atoms with Crippen molar-refractivity contribution in [2.75, 3.05) is 7.05 Å². The summed E-state index contributed by atoms with van der Waals surface area (Å²) in [5, 5.41) is 3.07. The number of rotatable bonds is 2. The molecule has 2 aliphatic rings. The van der Waals surface area contributed by atoms with Gasteiger partial charge in [-0.3, -0.25) is 15.0 Å². The summed E-state index contributed by atoms with van der Waals surface area (Å²) in [6, 6.07) is 9.24. The fourth-order valence-electron chi connectivity index (χ4n) is 2.86. The van der Waals surface area contributed by atoms with Crippen LogP contribution in [0.25, 0.3) is 0 Å². The fourth-order valence-corrected chi connectivity index (χ4v) is 2.86. The van der Waals surface area contributed by atoms with Gasteiger partial charge in [-0.2, -0.15) is 0 Å². The summed E-state index contributed by atoms with van der Waals surface area (Å²) >= 11 is 0. The van der Waals surface area contributed by atoms with Crippen LogP contribution in [0, 0.1) is 0 Å². The Kier molecular flexibility index (Phi) is 3.01. The highest BCUT2D eigenvalue weighted by atomic mass is 16.2. The minimum atomic E-state index is -0.219. The molecule has 0 aliphatic carbocycles. The molecule has 0 unspecified atom stereocenters. The molecule has 2 fully saturated rings. The fraction of sp³-hybridized carbons (Fsp3) is 0.467. The molecule has 0 radical (unpaired) electrons. The highest BCUT2D eigenvalue weighted by Crippen LogP contribution is 2.35. The molecule has 2 heterocycles. The van der Waals surface area contributed by atoms with E-state index < -0.39 is 0 Å². The smallest absolute Gasteiger partial charge is 0.322 e. The number of imide groups is 1. The summed E-state index contributed by atoms with van der Waals surface area (Å²) in [5.74, 6) is -0.118. The molecular weight excluding hydrogens is 254 g/mol. The van der Waals surface area contributed by atoms with Crippen LogP contribution in [0.4, 0.5) is 4.79 Å². The molecule has 0 aromatic heterocycles. The van der Waals surface area contributed by atoms with Gasteiger partial charge in [-0.1, -0.05) is 30.3 Å². The first-order valence-electron chi connectivity index (χ1n) is 6.93. The molecule has 4 atom stereocenters. The van der Waals surface area contributed by atoms with Crippen LogP contribution in [0.2, 0.25) is 0 Å². The topological polar surface area (TPSA) is 62.6 Å². The lowest BCUT2D eigenvalue weighted by Crippen LogP contribution is -2.40. The first-order chi connectivity index (χ1) is 9.52. The van der Waals surface area contributed by atoms with E-state index in [-0.39, 0.29) is 36.1 Å². The van der Waals surface area contributed by atoms with Crippen LogP contribution in [0.3, 0.4) is 0 Å². The number of urea groups is 1. The average Bonchev–Trinajstić information content (AvgIpc) is 3.14. The average molecular weight is 273 g/mol. The number of likely N-dealkylation sites (N-methyl/N-ethyl adjacent to an activating group) is 1. The Labute approximate surface area is 118 Å². The SMILES string of the molecule is C[C@H]1N[C@@H]1C(=O)N1C(=O)N(C)[C@@H](C)[C@H]1c1ccccc1. The summed E-state index contributed by atoms with van der Waals surface area (Å²) in [6.45, 7) is 3.93. The van der Waals surface area contributed by atoms with E-state index in [9.17, 15) is 9.59 Å².